The first kappa shape index (κ1) is 27.5. The third-order valence-electron chi connectivity index (χ3n) is 4.81. The number of nitrogens with one attached hydrogen (secondary N) is 2. The van der Waals surface area contributed by atoms with E-state index in [2.05, 4.69) is 25.7 Å². The summed E-state index contributed by atoms with van der Waals surface area (Å²) < 4.78 is 84.9. The van der Waals surface area contributed by atoms with Crippen LogP contribution in [0.25, 0.3) is 11.0 Å². The molecule has 196 valence electrons. The van der Waals surface area contributed by atoms with Crippen LogP contribution in [-0.2, 0) is 23.6 Å². The maximum atomic E-state index is 13.1. The fourth-order valence-electron chi connectivity index (χ4n) is 3.16. The van der Waals surface area contributed by atoms with Gasteiger partial charge in [0.15, 0.2) is 10.8 Å². The second-order valence-corrected chi connectivity index (χ2v) is 8.59. The number of rotatable bonds is 10. The predicted molar refractivity (Wildman–Crippen MR) is 121 cm³/mol. The number of anilines is 1. The fraction of sp³-hybridized carbons (Fsp3) is 0.429. The van der Waals surface area contributed by atoms with E-state index < -0.39 is 35.0 Å². The van der Waals surface area contributed by atoms with Crippen LogP contribution < -0.4 is 10.6 Å². The molecule has 0 fully saturated rings. The summed E-state index contributed by atoms with van der Waals surface area (Å²) in [5.41, 5.74) is -3.43. The topological polar surface area (TPSA) is 94.0 Å². The van der Waals surface area contributed by atoms with Crippen LogP contribution in [0.3, 0.4) is 0 Å². The smallest absolute Gasteiger partial charge is 0.383 e. The normalized spacial score (nSPS) is 12.2. The van der Waals surface area contributed by atoms with Gasteiger partial charge in [0.25, 0.3) is 5.91 Å². The Morgan fingerprint density at radius 2 is 1.72 bits per heavy atom. The van der Waals surface area contributed by atoms with Gasteiger partial charge in [-0.25, -0.2) is 14.6 Å². The van der Waals surface area contributed by atoms with Crippen molar-refractivity contribution in [1.29, 1.82) is 0 Å². The second kappa shape index (κ2) is 11.3. The van der Waals surface area contributed by atoms with E-state index in [1.165, 1.54) is 22.6 Å². The average molecular weight is 537 g/mol. The number of amides is 1. The number of fused-ring (bicyclic) bond motifs is 1. The largest absolute Gasteiger partial charge is 0.416 e. The fourth-order valence-corrected chi connectivity index (χ4v) is 3.73. The minimum Gasteiger partial charge on any atom is -0.383 e. The standard InChI is InChI=1S/C21H22F6N6O2S/c1-3-36-19-31-16(28-5-7-35-2)15-11-30-33(17(15)32-19)6-4-29-18(34)12-8-13(20(22,23)24)10-14(9-12)21(25,26)27/h8-11H,3-7H2,1-2H3,(H,29,34)(H,28,31,32). The number of carbonyl (C=O) groups excluding carboxylic acids is 1. The number of hydrogen-bond acceptors (Lipinski definition) is 7. The molecule has 3 aromatic rings. The highest BCUT2D eigenvalue weighted by molar-refractivity contribution is 7.99. The van der Waals surface area contributed by atoms with Gasteiger partial charge in [0, 0.05) is 25.8 Å². The van der Waals surface area contributed by atoms with Crippen molar-refractivity contribution < 1.29 is 35.9 Å². The Morgan fingerprint density at radius 3 is 2.31 bits per heavy atom. The minimum atomic E-state index is -5.05. The van der Waals surface area contributed by atoms with Crippen molar-refractivity contribution in [1.82, 2.24) is 25.1 Å². The Balaban J connectivity index is 1.78. The molecule has 0 aliphatic rings. The number of halogens is 6. The van der Waals surface area contributed by atoms with Gasteiger partial charge in [0.1, 0.15) is 5.82 Å². The number of hydrogen-bond donors (Lipinski definition) is 2. The monoisotopic (exact) mass is 536 g/mol. The number of nitrogens with zero attached hydrogens (tertiary/aromatic N) is 4. The molecule has 36 heavy (non-hydrogen) atoms. The van der Waals surface area contributed by atoms with Gasteiger partial charge in [-0.3, -0.25) is 4.79 Å². The van der Waals surface area contributed by atoms with Gasteiger partial charge < -0.3 is 15.4 Å². The van der Waals surface area contributed by atoms with Crippen LogP contribution in [0.4, 0.5) is 32.2 Å². The molecule has 0 aliphatic carbocycles. The maximum absolute atomic E-state index is 13.1. The highest BCUT2D eigenvalue weighted by Crippen LogP contribution is 2.36. The third-order valence-corrected chi connectivity index (χ3v) is 5.54. The zero-order valence-corrected chi connectivity index (χ0v) is 19.9. The number of ether oxygens (including phenoxy) is 1. The lowest BCUT2D eigenvalue weighted by Crippen LogP contribution is -2.28. The van der Waals surface area contributed by atoms with Crippen LogP contribution in [0.15, 0.2) is 29.6 Å². The summed E-state index contributed by atoms with van der Waals surface area (Å²) >= 11 is 1.40. The lowest BCUT2D eigenvalue weighted by molar-refractivity contribution is -0.143. The van der Waals surface area contributed by atoms with E-state index in [4.69, 9.17) is 4.74 Å². The van der Waals surface area contributed by atoms with Gasteiger partial charge in [-0.05, 0) is 24.0 Å². The first-order chi connectivity index (χ1) is 16.9. The lowest BCUT2D eigenvalue weighted by atomic mass is 10.0. The summed E-state index contributed by atoms with van der Waals surface area (Å²) in [6, 6.07) is 0.733. The molecule has 0 saturated carbocycles. The van der Waals surface area contributed by atoms with Crippen LogP contribution in [0.5, 0.6) is 0 Å². The van der Waals surface area contributed by atoms with Crippen LogP contribution in [0.2, 0.25) is 0 Å². The predicted octanol–water partition coefficient (Wildman–Crippen LogP) is 4.46. The summed E-state index contributed by atoms with van der Waals surface area (Å²) in [4.78, 5) is 21.3. The van der Waals surface area contributed by atoms with Gasteiger partial charge in [-0.15, -0.1) is 0 Å². The van der Waals surface area contributed by atoms with Crippen LogP contribution >= 0.6 is 11.8 Å². The van der Waals surface area contributed by atoms with Crippen molar-refractivity contribution in [3.8, 4) is 0 Å². The third kappa shape index (κ3) is 6.78. The van der Waals surface area contributed by atoms with E-state index in [0.29, 0.717) is 53.0 Å². The number of aromatic nitrogens is 4. The van der Waals surface area contributed by atoms with Crippen molar-refractivity contribution in [2.45, 2.75) is 31.0 Å². The molecule has 15 heteroatoms. The number of thioether (sulfide) groups is 1. The molecule has 0 atom stereocenters. The van der Waals surface area contributed by atoms with Gasteiger partial charge in [0.2, 0.25) is 0 Å². The molecule has 2 N–H and O–H groups in total. The lowest BCUT2D eigenvalue weighted by Gasteiger charge is -2.14. The van der Waals surface area contributed by atoms with E-state index in [0.717, 1.165) is 0 Å². The Labute approximate surface area is 205 Å². The van der Waals surface area contributed by atoms with Gasteiger partial charge in [-0.2, -0.15) is 31.4 Å². The van der Waals surface area contributed by atoms with Gasteiger partial charge >= 0.3 is 12.4 Å². The molecule has 1 amide bonds. The molecule has 0 unspecified atom stereocenters. The molecular formula is C21H22F6N6O2S. The van der Waals surface area contributed by atoms with Crippen LogP contribution in [0.1, 0.15) is 28.4 Å². The van der Waals surface area contributed by atoms with E-state index in [1.54, 1.807) is 7.11 Å². The Hall–Kier alpha value is -3.07. The van der Waals surface area contributed by atoms with Gasteiger partial charge in [0.05, 0.1) is 35.9 Å². The maximum Gasteiger partial charge on any atom is 0.416 e. The number of benzene rings is 1. The summed E-state index contributed by atoms with van der Waals surface area (Å²) in [6.07, 6.45) is -8.57. The molecule has 3 rings (SSSR count). The van der Waals surface area contributed by atoms with Crippen LogP contribution in [0, 0.1) is 0 Å². The van der Waals surface area contributed by atoms with Crippen molar-refractivity contribution in [3.63, 3.8) is 0 Å². The van der Waals surface area contributed by atoms with E-state index in [1.807, 2.05) is 6.92 Å². The number of methoxy groups -OCH3 is 1. The van der Waals surface area contributed by atoms with Crippen molar-refractivity contribution in [2.24, 2.45) is 0 Å². The van der Waals surface area contributed by atoms with Crippen molar-refractivity contribution in [2.75, 3.05) is 37.9 Å². The highest BCUT2D eigenvalue weighted by atomic mass is 32.2. The Kier molecular flexibility index (Phi) is 8.66. The van der Waals surface area contributed by atoms with Crippen molar-refractivity contribution in [3.05, 3.63) is 41.1 Å². The molecule has 0 spiro atoms. The van der Waals surface area contributed by atoms with Gasteiger partial charge in [-0.1, -0.05) is 18.7 Å². The molecule has 1 aromatic carbocycles. The van der Waals surface area contributed by atoms with Crippen LogP contribution in [-0.4, -0.2) is 58.2 Å². The van der Waals surface area contributed by atoms with E-state index in [9.17, 15) is 31.1 Å². The molecule has 0 radical (unpaired) electrons. The molecular weight excluding hydrogens is 514 g/mol. The van der Waals surface area contributed by atoms with E-state index >= 15 is 0 Å². The average Bonchev–Trinajstić information content (AvgIpc) is 3.21. The summed E-state index contributed by atoms with van der Waals surface area (Å²) in [5, 5.41) is 10.8. The number of carbonyl (C=O) groups is 1. The first-order valence-corrected chi connectivity index (χ1v) is 11.6. The van der Waals surface area contributed by atoms with E-state index in [-0.39, 0.29) is 19.2 Å². The first-order valence-electron chi connectivity index (χ1n) is 10.6. The molecule has 0 aliphatic heterocycles. The molecule has 0 bridgehead atoms. The summed E-state index contributed by atoms with van der Waals surface area (Å²) in [5.74, 6) is 0.165. The molecule has 2 heterocycles. The SMILES string of the molecule is CCSc1nc(NCCOC)c2cnn(CCNC(=O)c3cc(C(F)(F)F)cc(C(F)(F)F)c3)c2n1. The van der Waals surface area contributed by atoms with Crippen molar-refractivity contribution >= 4 is 34.5 Å². The molecule has 0 saturated heterocycles. The quantitative estimate of drug-likeness (QED) is 0.171. The zero-order chi connectivity index (χ0) is 26.5. The molecule has 2 aromatic heterocycles. The minimum absolute atomic E-state index is 0.0312. The summed E-state index contributed by atoms with van der Waals surface area (Å²) in [6.45, 7) is 2.79. The second-order valence-electron chi connectivity index (χ2n) is 7.36. The highest BCUT2D eigenvalue weighted by Gasteiger charge is 2.37. The Bertz CT molecular complexity index is 1180. The number of alkyl halides is 6. The molecule has 8 nitrogen and oxygen atoms in total. The summed E-state index contributed by atoms with van der Waals surface area (Å²) in [7, 11) is 1.56. The zero-order valence-electron chi connectivity index (χ0n) is 19.1. The Morgan fingerprint density at radius 1 is 1.06 bits per heavy atom.